The molecule has 1 aromatic rings. The minimum atomic E-state index is 0.652. The van der Waals surface area contributed by atoms with Crippen LogP contribution in [0.15, 0.2) is 18.2 Å². The van der Waals surface area contributed by atoms with Crippen molar-refractivity contribution in [3.63, 3.8) is 0 Å². The van der Waals surface area contributed by atoms with E-state index in [2.05, 4.69) is 41.2 Å². The number of nitrogens with zero attached hydrogens (tertiary/aromatic N) is 2. The second kappa shape index (κ2) is 6.55. The Hall–Kier alpha value is -0.770. The zero-order chi connectivity index (χ0) is 14.8. The second-order valence-electron chi connectivity index (χ2n) is 6.42. The molecular formula is C17H26ClN3. The molecule has 1 N–H and O–H groups in total. The molecule has 0 radical (unpaired) electrons. The normalized spacial score (nSPS) is 23.6. The van der Waals surface area contributed by atoms with Crippen molar-refractivity contribution >= 4 is 17.3 Å². The Morgan fingerprint density at radius 1 is 1.29 bits per heavy atom. The van der Waals surface area contributed by atoms with Gasteiger partial charge in [0.1, 0.15) is 0 Å². The molecule has 0 bridgehead atoms. The van der Waals surface area contributed by atoms with Crippen molar-refractivity contribution in [3.05, 3.63) is 28.8 Å². The fraction of sp³-hybridized carbons (Fsp3) is 0.647. The van der Waals surface area contributed by atoms with Crippen molar-refractivity contribution in [2.45, 2.75) is 44.8 Å². The van der Waals surface area contributed by atoms with Crippen LogP contribution in [0.3, 0.4) is 0 Å². The van der Waals surface area contributed by atoms with Crippen LogP contribution in [0.1, 0.15) is 31.7 Å². The molecule has 1 aliphatic carbocycles. The Labute approximate surface area is 133 Å². The fourth-order valence-corrected chi connectivity index (χ4v) is 3.35. The van der Waals surface area contributed by atoms with Crippen LogP contribution in [0.4, 0.5) is 5.69 Å². The predicted molar refractivity (Wildman–Crippen MR) is 90.2 cm³/mol. The van der Waals surface area contributed by atoms with E-state index in [1.54, 1.807) is 0 Å². The number of anilines is 1. The van der Waals surface area contributed by atoms with Crippen molar-refractivity contribution in [3.8, 4) is 0 Å². The summed E-state index contributed by atoms with van der Waals surface area (Å²) in [5, 5.41) is 4.46. The predicted octanol–water partition coefficient (Wildman–Crippen LogP) is 3.12. The second-order valence-corrected chi connectivity index (χ2v) is 6.85. The zero-order valence-corrected chi connectivity index (χ0v) is 13.9. The van der Waals surface area contributed by atoms with Crippen LogP contribution in [0.5, 0.6) is 0 Å². The lowest BCUT2D eigenvalue weighted by Crippen LogP contribution is -2.51. The van der Waals surface area contributed by atoms with E-state index in [4.69, 9.17) is 11.6 Å². The molecule has 1 saturated carbocycles. The van der Waals surface area contributed by atoms with E-state index in [0.29, 0.717) is 6.04 Å². The molecule has 2 fully saturated rings. The Morgan fingerprint density at radius 2 is 2.10 bits per heavy atom. The molecule has 1 aliphatic heterocycles. The van der Waals surface area contributed by atoms with Gasteiger partial charge < -0.3 is 10.2 Å². The van der Waals surface area contributed by atoms with Crippen LogP contribution < -0.4 is 10.2 Å². The first-order valence-corrected chi connectivity index (χ1v) is 8.52. The summed E-state index contributed by atoms with van der Waals surface area (Å²) in [6, 6.07) is 7.73. The van der Waals surface area contributed by atoms with Gasteiger partial charge in [0.25, 0.3) is 0 Å². The van der Waals surface area contributed by atoms with E-state index in [0.717, 1.165) is 37.2 Å². The number of hydrogen-bond donors (Lipinski definition) is 1. The standard InChI is InChI=1S/C17H26ClN3/c1-3-16-12-21(9-8-20(16)2)17-7-4-14(18)10-13(17)11-19-15-5-6-15/h4,7,10,15-16,19H,3,5-6,8-9,11-12H2,1-2H3. The summed E-state index contributed by atoms with van der Waals surface area (Å²) >= 11 is 6.21. The minimum absolute atomic E-state index is 0.652. The van der Waals surface area contributed by atoms with Crippen LogP contribution in [0.25, 0.3) is 0 Å². The lowest BCUT2D eigenvalue weighted by Gasteiger charge is -2.41. The van der Waals surface area contributed by atoms with Crippen molar-refractivity contribution in [2.75, 3.05) is 31.6 Å². The highest BCUT2D eigenvalue weighted by atomic mass is 35.5. The first-order chi connectivity index (χ1) is 10.2. The highest BCUT2D eigenvalue weighted by molar-refractivity contribution is 6.30. The van der Waals surface area contributed by atoms with E-state index in [1.165, 1.54) is 30.5 Å². The minimum Gasteiger partial charge on any atom is -0.368 e. The van der Waals surface area contributed by atoms with Crippen LogP contribution in [0.2, 0.25) is 5.02 Å². The summed E-state index contributed by atoms with van der Waals surface area (Å²) in [5.74, 6) is 0. The molecule has 0 aromatic heterocycles. The first-order valence-electron chi connectivity index (χ1n) is 8.14. The first kappa shape index (κ1) is 15.1. The van der Waals surface area contributed by atoms with E-state index in [-0.39, 0.29) is 0 Å². The van der Waals surface area contributed by atoms with Gasteiger partial charge >= 0.3 is 0 Å². The van der Waals surface area contributed by atoms with Crippen LogP contribution in [-0.4, -0.2) is 43.7 Å². The Bertz CT molecular complexity index is 487. The summed E-state index contributed by atoms with van der Waals surface area (Å²) in [6.07, 6.45) is 3.85. The Balaban J connectivity index is 1.76. The topological polar surface area (TPSA) is 18.5 Å². The molecule has 1 saturated heterocycles. The van der Waals surface area contributed by atoms with Crippen molar-refractivity contribution in [1.82, 2.24) is 10.2 Å². The van der Waals surface area contributed by atoms with Crippen LogP contribution >= 0.6 is 11.6 Å². The lowest BCUT2D eigenvalue weighted by atomic mass is 10.1. The monoisotopic (exact) mass is 307 g/mol. The Kier molecular flexibility index (Phi) is 4.72. The molecule has 2 aliphatic rings. The number of benzene rings is 1. The van der Waals surface area contributed by atoms with E-state index in [9.17, 15) is 0 Å². The van der Waals surface area contributed by atoms with Gasteiger partial charge in [0.15, 0.2) is 0 Å². The maximum absolute atomic E-state index is 6.21. The van der Waals surface area contributed by atoms with Crippen molar-refractivity contribution in [1.29, 1.82) is 0 Å². The van der Waals surface area contributed by atoms with Gasteiger partial charge in [-0.2, -0.15) is 0 Å². The average molecular weight is 308 g/mol. The van der Waals surface area contributed by atoms with Crippen molar-refractivity contribution < 1.29 is 0 Å². The van der Waals surface area contributed by atoms with Gasteiger partial charge in [-0.25, -0.2) is 0 Å². The average Bonchev–Trinajstić information content (AvgIpc) is 3.30. The summed E-state index contributed by atoms with van der Waals surface area (Å²) in [5.41, 5.74) is 2.70. The van der Waals surface area contributed by atoms with Gasteiger partial charge in [0.05, 0.1) is 0 Å². The number of likely N-dealkylation sites (N-methyl/N-ethyl adjacent to an activating group) is 1. The molecule has 1 atom stereocenters. The fourth-order valence-electron chi connectivity index (χ4n) is 3.15. The van der Waals surface area contributed by atoms with E-state index >= 15 is 0 Å². The highest BCUT2D eigenvalue weighted by Crippen LogP contribution is 2.28. The third-order valence-corrected chi connectivity index (χ3v) is 5.02. The molecule has 1 unspecified atom stereocenters. The summed E-state index contributed by atoms with van der Waals surface area (Å²) in [6.45, 7) is 6.57. The van der Waals surface area contributed by atoms with Gasteiger partial charge in [0, 0.05) is 49.0 Å². The number of rotatable bonds is 5. The number of piperazine rings is 1. The third kappa shape index (κ3) is 3.71. The maximum Gasteiger partial charge on any atom is 0.0413 e. The quantitative estimate of drug-likeness (QED) is 0.901. The van der Waals surface area contributed by atoms with E-state index < -0.39 is 0 Å². The smallest absolute Gasteiger partial charge is 0.0413 e. The number of hydrogen-bond acceptors (Lipinski definition) is 3. The zero-order valence-electron chi connectivity index (χ0n) is 13.1. The van der Waals surface area contributed by atoms with Gasteiger partial charge in [-0.1, -0.05) is 18.5 Å². The van der Waals surface area contributed by atoms with Gasteiger partial charge in [-0.05, 0) is 50.1 Å². The molecular weight excluding hydrogens is 282 g/mol. The van der Waals surface area contributed by atoms with E-state index in [1.807, 2.05) is 6.07 Å². The molecule has 0 spiro atoms. The highest BCUT2D eigenvalue weighted by Gasteiger charge is 2.25. The number of halogens is 1. The molecule has 4 heteroatoms. The maximum atomic E-state index is 6.21. The summed E-state index contributed by atoms with van der Waals surface area (Å²) in [4.78, 5) is 5.02. The van der Waals surface area contributed by atoms with Gasteiger partial charge in [-0.15, -0.1) is 0 Å². The molecule has 0 amide bonds. The van der Waals surface area contributed by atoms with Crippen LogP contribution in [0, 0.1) is 0 Å². The SMILES string of the molecule is CCC1CN(c2ccc(Cl)cc2CNC2CC2)CCN1C. The molecule has 116 valence electrons. The largest absolute Gasteiger partial charge is 0.368 e. The number of nitrogens with one attached hydrogen (secondary N) is 1. The van der Waals surface area contributed by atoms with Crippen molar-refractivity contribution in [2.24, 2.45) is 0 Å². The molecule has 3 rings (SSSR count). The summed E-state index contributed by atoms with van der Waals surface area (Å²) < 4.78 is 0. The molecule has 1 aromatic carbocycles. The molecule has 1 heterocycles. The lowest BCUT2D eigenvalue weighted by molar-refractivity contribution is 0.213. The molecule has 3 nitrogen and oxygen atoms in total. The van der Waals surface area contributed by atoms with Gasteiger partial charge in [-0.3, -0.25) is 4.90 Å². The Morgan fingerprint density at radius 3 is 2.81 bits per heavy atom. The third-order valence-electron chi connectivity index (χ3n) is 4.79. The molecule has 21 heavy (non-hydrogen) atoms. The van der Waals surface area contributed by atoms with Gasteiger partial charge in [0.2, 0.25) is 0 Å². The van der Waals surface area contributed by atoms with Crippen LogP contribution in [-0.2, 0) is 6.54 Å². The summed E-state index contributed by atoms with van der Waals surface area (Å²) in [7, 11) is 2.24.